The molecule has 0 spiro atoms. The van der Waals surface area contributed by atoms with Crippen LogP contribution in [0.25, 0.3) is 0 Å². The van der Waals surface area contributed by atoms with Gasteiger partial charge in [0, 0.05) is 19.2 Å². The summed E-state index contributed by atoms with van der Waals surface area (Å²) in [5.74, 6) is 2.21. The summed E-state index contributed by atoms with van der Waals surface area (Å²) in [7, 11) is 1.61. The number of rotatable bonds is 7. The molecule has 134 valence electrons. The van der Waals surface area contributed by atoms with E-state index in [1.165, 1.54) is 6.33 Å². The number of hydrogen-bond donors (Lipinski definition) is 3. The lowest BCUT2D eigenvalue weighted by molar-refractivity contribution is 0.191. The fourth-order valence-electron chi connectivity index (χ4n) is 3.07. The Morgan fingerprint density at radius 1 is 1.32 bits per heavy atom. The monoisotopic (exact) mass is 344 g/mol. The molecule has 0 aliphatic carbocycles. The molecule has 1 aromatic carbocycles. The predicted octanol–water partition coefficient (Wildman–Crippen LogP) is 1.59. The van der Waals surface area contributed by atoms with Crippen LogP contribution in [0, 0.1) is 0 Å². The molecule has 2 atom stereocenters. The Labute approximate surface area is 147 Å². The van der Waals surface area contributed by atoms with Crippen molar-refractivity contribution < 1.29 is 14.9 Å². The van der Waals surface area contributed by atoms with Crippen molar-refractivity contribution in [2.24, 2.45) is 0 Å². The number of nitrogens with zero attached hydrogens (tertiary/aromatic N) is 3. The second-order valence-electron chi connectivity index (χ2n) is 6.10. The van der Waals surface area contributed by atoms with E-state index in [1.807, 2.05) is 30.3 Å². The van der Waals surface area contributed by atoms with Crippen LogP contribution in [0.4, 0.5) is 11.6 Å². The van der Waals surface area contributed by atoms with Crippen molar-refractivity contribution in [3.63, 3.8) is 0 Å². The molecule has 0 amide bonds. The highest BCUT2D eigenvalue weighted by Gasteiger charge is 2.25. The van der Waals surface area contributed by atoms with Gasteiger partial charge in [0.15, 0.2) is 0 Å². The van der Waals surface area contributed by atoms with E-state index in [9.17, 15) is 10.2 Å². The van der Waals surface area contributed by atoms with Crippen molar-refractivity contribution in [1.82, 2.24) is 9.97 Å². The van der Waals surface area contributed by atoms with E-state index in [2.05, 4.69) is 20.2 Å². The molecule has 25 heavy (non-hydrogen) atoms. The molecular formula is C18H24N4O3. The van der Waals surface area contributed by atoms with Crippen molar-refractivity contribution in [1.29, 1.82) is 0 Å². The smallest absolute Gasteiger partial charge is 0.134 e. The average molecular weight is 344 g/mol. The zero-order valence-electron chi connectivity index (χ0n) is 14.3. The number of hydrogen-bond acceptors (Lipinski definition) is 7. The fourth-order valence-corrected chi connectivity index (χ4v) is 3.07. The quantitative estimate of drug-likeness (QED) is 0.703. The summed E-state index contributed by atoms with van der Waals surface area (Å²) in [5.41, 5.74) is 0.808. The maximum atomic E-state index is 10.3. The van der Waals surface area contributed by atoms with E-state index in [-0.39, 0.29) is 12.6 Å². The van der Waals surface area contributed by atoms with Gasteiger partial charge in [0.25, 0.3) is 0 Å². The zero-order valence-corrected chi connectivity index (χ0v) is 14.3. The molecule has 2 aromatic rings. The topological polar surface area (TPSA) is 90.7 Å². The van der Waals surface area contributed by atoms with Crippen LogP contribution in [0.2, 0.25) is 0 Å². The van der Waals surface area contributed by atoms with Gasteiger partial charge < -0.3 is 25.2 Å². The third-order valence-electron chi connectivity index (χ3n) is 4.51. The normalized spacial score (nSPS) is 18.2. The van der Waals surface area contributed by atoms with Gasteiger partial charge in [-0.2, -0.15) is 0 Å². The third kappa shape index (κ3) is 4.18. The average Bonchev–Trinajstić information content (AvgIpc) is 3.15. The van der Waals surface area contributed by atoms with Crippen molar-refractivity contribution in [2.75, 3.05) is 37.0 Å². The third-order valence-corrected chi connectivity index (χ3v) is 4.51. The Morgan fingerprint density at radius 3 is 2.84 bits per heavy atom. The Kier molecular flexibility index (Phi) is 5.67. The molecule has 1 fully saturated rings. The van der Waals surface area contributed by atoms with Gasteiger partial charge in [-0.05, 0) is 30.5 Å². The molecule has 1 aliphatic heterocycles. The predicted molar refractivity (Wildman–Crippen MR) is 95.9 cm³/mol. The Morgan fingerprint density at radius 2 is 2.12 bits per heavy atom. The highest BCUT2D eigenvalue weighted by Crippen LogP contribution is 2.25. The fraction of sp³-hybridized carbons (Fsp3) is 0.444. The van der Waals surface area contributed by atoms with Gasteiger partial charge >= 0.3 is 0 Å². The summed E-state index contributed by atoms with van der Waals surface area (Å²) in [6, 6.07) is 9.30. The minimum Gasteiger partial charge on any atom is -0.497 e. The van der Waals surface area contributed by atoms with E-state index in [1.54, 1.807) is 7.11 Å². The number of methoxy groups -OCH3 is 1. The van der Waals surface area contributed by atoms with Crippen LogP contribution in [0.3, 0.4) is 0 Å². The van der Waals surface area contributed by atoms with Gasteiger partial charge in [-0.3, -0.25) is 0 Å². The number of anilines is 2. The van der Waals surface area contributed by atoms with E-state index in [4.69, 9.17) is 4.74 Å². The molecule has 2 unspecified atom stereocenters. The standard InChI is InChI=1S/C18H24N4O3/c1-25-15-6-4-13(5-7-15)16(24)10-19-17-9-18(21-12-20-17)22-8-2-3-14(22)11-23/h4-7,9,12,14,16,23-24H,2-3,8,10-11H2,1H3,(H,19,20,21). The molecular weight excluding hydrogens is 320 g/mol. The first-order valence-electron chi connectivity index (χ1n) is 8.46. The molecule has 0 radical (unpaired) electrons. The van der Waals surface area contributed by atoms with Crippen molar-refractivity contribution >= 4 is 11.6 Å². The van der Waals surface area contributed by atoms with Crippen LogP contribution in [-0.2, 0) is 0 Å². The van der Waals surface area contributed by atoms with E-state index >= 15 is 0 Å². The van der Waals surface area contributed by atoms with Gasteiger partial charge in [-0.25, -0.2) is 9.97 Å². The summed E-state index contributed by atoms with van der Waals surface area (Å²) < 4.78 is 5.12. The zero-order chi connectivity index (χ0) is 17.6. The number of aromatic nitrogens is 2. The molecule has 1 aliphatic rings. The van der Waals surface area contributed by atoms with Crippen LogP contribution in [0.5, 0.6) is 5.75 Å². The van der Waals surface area contributed by atoms with E-state index in [0.717, 1.165) is 36.5 Å². The van der Waals surface area contributed by atoms with Crippen LogP contribution in [0.15, 0.2) is 36.7 Å². The van der Waals surface area contributed by atoms with Gasteiger partial charge in [0.05, 0.1) is 25.9 Å². The Hall–Kier alpha value is -2.38. The van der Waals surface area contributed by atoms with Gasteiger partial charge in [0.1, 0.15) is 23.7 Å². The number of benzene rings is 1. The lowest BCUT2D eigenvalue weighted by Crippen LogP contribution is -2.32. The summed E-state index contributed by atoms with van der Waals surface area (Å²) in [6.07, 6.45) is 2.87. The summed E-state index contributed by atoms with van der Waals surface area (Å²) in [6.45, 7) is 1.35. The van der Waals surface area contributed by atoms with E-state index in [0.29, 0.717) is 12.4 Å². The lowest BCUT2D eigenvalue weighted by atomic mass is 10.1. The Balaban J connectivity index is 1.62. The maximum Gasteiger partial charge on any atom is 0.134 e. The molecule has 3 N–H and O–H groups in total. The lowest BCUT2D eigenvalue weighted by Gasteiger charge is -2.24. The van der Waals surface area contributed by atoms with Crippen LogP contribution >= 0.6 is 0 Å². The van der Waals surface area contributed by atoms with E-state index < -0.39 is 6.10 Å². The summed E-state index contributed by atoms with van der Waals surface area (Å²) in [5, 5.41) is 22.9. The molecule has 1 aromatic heterocycles. The Bertz CT molecular complexity index is 680. The van der Waals surface area contributed by atoms with Crippen molar-refractivity contribution in [3.05, 3.63) is 42.2 Å². The van der Waals surface area contributed by atoms with Crippen molar-refractivity contribution in [2.45, 2.75) is 25.0 Å². The molecule has 1 saturated heterocycles. The minimum atomic E-state index is -0.652. The molecule has 3 rings (SSSR count). The second kappa shape index (κ2) is 8.13. The van der Waals surface area contributed by atoms with Crippen molar-refractivity contribution in [3.8, 4) is 5.75 Å². The first-order valence-corrected chi connectivity index (χ1v) is 8.46. The molecule has 0 bridgehead atoms. The van der Waals surface area contributed by atoms with Gasteiger partial charge in [0.2, 0.25) is 0 Å². The maximum absolute atomic E-state index is 10.3. The van der Waals surface area contributed by atoms with Crippen LogP contribution < -0.4 is 15.0 Å². The molecule has 0 saturated carbocycles. The summed E-state index contributed by atoms with van der Waals surface area (Å²) in [4.78, 5) is 10.6. The second-order valence-corrected chi connectivity index (χ2v) is 6.10. The number of ether oxygens (including phenoxy) is 1. The number of nitrogens with one attached hydrogen (secondary N) is 1. The number of aliphatic hydroxyl groups excluding tert-OH is 2. The largest absolute Gasteiger partial charge is 0.497 e. The first-order chi connectivity index (χ1) is 12.2. The SMILES string of the molecule is COc1ccc(C(O)CNc2cc(N3CCCC3CO)ncn2)cc1. The first kappa shape index (κ1) is 17.4. The molecule has 7 nitrogen and oxygen atoms in total. The minimum absolute atomic E-state index is 0.118. The van der Waals surface area contributed by atoms with Gasteiger partial charge in [-0.15, -0.1) is 0 Å². The summed E-state index contributed by atoms with van der Waals surface area (Å²) >= 11 is 0. The highest BCUT2D eigenvalue weighted by molar-refractivity contribution is 5.50. The van der Waals surface area contributed by atoms with Crippen LogP contribution in [0.1, 0.15) is 24.5 Å². The van der Waals surface area contributed by atoms with Crippen LogP contribution in [-0.4, -0.2) is 53.0 Å². The highest BCUT2D eigenvalue weighted by atomic mass is 16.5. The number of aliphatic hydroxyl groups is 2. The van der Waals surface area contributed by atoms with Gasteiger partial charge in [-0.1, -0.05) is 12.1 Å². The molecule has 7 heteroatoms. The molecule has 2 heterocycles.